The van der Waals surface area contributed by atoms with Crippen LogP contribution in [-0.2, 0) is 6.61 Å². The van der Waals surface area contributed by atoms with E-state index in [1.54, 1.807) is 6.07 Å². The summed E-state index contributed by atoms with van der Waals surface area (Å²) in [6.45, 7) is -0.160. The molecule has 0 atom stereocenters. The highest BCUT2D eigenvalue weighted by molar-refractivity contribution is 9.10. The SMILES string of the molecule is O=Cc1ccc(OCc2cc(Br)ccc2F)c([N+](=O)[O-])c1. The molecule has 0 fully saturated rings. The number of hydrogen-bond acceptors (Lipinski definition) is 4. The minimum absolute atomic E-state index is 0.0232. The van der Waals surface area contributed by atoms with Crippen molar-refractivity contribution in [1.29, 1.82) is 0 Å². The molecule has 0 bridgehead atoms. The molecule has 0 aromatic heterocycles. The second-order valence-corrected chi connectivity index (χ2v) is 5.04. The second-order valence-electron chi connectivity index (χ2n) is 4.13. The summed E-state index contributed by atoms with van der Waals surface area (Å²) in [6, 6.07) is 8.16. The zero-order valence-corrected chi connectivity index (χ0v) is 12.2. The molecular formula is C14H9BrFNO4. The zero-order valence-electron chi connectivity index (χ0n) is 10.6. The lowest BCUT2D eigenvalue weighted by Crippen LogP contribution is -2.01. The number of halogens is 2. The fourth-order valence-electron chi connectivity index (χ4n) is 1.68. The molecule has 0 aliphatic heterocycles. The van der Waals surface area contributed by atoms with Crippen LogP contribution >= 0.6 is 15.9 Å². The van der Waals surface area contributed by atoms with E-state index in [2.05, 4.69) is 15.9 Å². The van der Waals surface area contributed by atoms with Crippen molar-refractivity contribution >= 4 is 27.9 Å². The Bertz CT molecular complexity index is 705. The first-order valence-electron chi connectivity index (χ1n) is 5.81. The van der Waals surface area contributed by atoms with Gasteiger partial charge in [-0.15, -0.1) is 0 Å². The van der Waals surface area contributed by atoms with E-state index in [0.717, 1.165) is 6.07 Å². The summed E-state index contributed by atoms with van der Waals surface area (Å²) in [5.74, 6) is -0.490. The molecule has 21 heavy (non-hydrogen) atoms. The van der Waals surface area contributed by atoms with Gasteiger partial charge < -0.3 is 4.74 Å². The summed E-state index contributed by atoms with van der Waals surface area (Å²) >= 11 is 3.21. The maximum Gasteiger partial charge on any atom is 0.311 e. The van der Waals surface area contributed by atoms with E-state index < -0.39 is 10.7 Å². The molecule has 0 amide bonds. The molecule has 5 nitrogen and oxygen atoms in total. The van der Waals surface area contributed by atoms with Crippen LogP contribution in [0.4, 0.5) is 10.1 Å². The molecule has 0 aliphatic rings. The molecule has 2 aromatic carbocycles. The van der Waals surface area contributed by atoms with E-state index in [9.17, 15) is 19.3 Å². The van der Waals surface area contributed by atoms with Gasteiger partial charge in [0, 0.05) is 21.7 Å². The summed E-state index contributed by atoms with van der Waals surface area (Å²) in [6.07, 6.45) is 0.505. The standard InChI is InChI=1S/C14H9BrFNO4/c15-11-2-3-12(16)10(6-11)8-21-14-4-1-9(7-18)5-13(14)17(19)20/h1-7H,8H2. The number of nitrogens with zero attached hydrogens (tertiary/aromatic N) is 1. The molecular weight excluding hydrogens is 345 g/mol. The summed E-state index contributed by atoms with van der Waals surface area (Å²) in [5, 5.41) is 11.0. The molecule has 0 saturated heterocycles. The van der Waals surface area contributed by atoms with Crippen LogP contribution in [0, 0.1) is 15.9 Å². The molecule has 7 heteroatoms. The maximum atomic E-state index is 13.6. The predicted octanol–water partition coefficient (Wildman–Crippen LogP) is 3.89. The maximum absolute atomic E-state index is 13.6. The summed E-state index contributed by atoms with van der Waals surface area (Å²) in [5.41, 5.74) is 0.0934. The van der Waals surface area contributed by atoms with E-state index in [-0.39, 0.29) is 29.2 Å². The Balaban J connectivity index is 2.25. The van der Waals surface area contributed by atoms with Crippen molar-refractivity contribution in [2.45, 2.75) is 6.61 Å². The predicted molar refractivity (Wildman–Crippen MR) is 76.9 cm³/mol. The third-order valence-electron chi connectivity index (χ3n) is 2.71. The number of ether oxygens (including phenoxy) is 1. The summed E-state index contributed by atoms with van der Waals surface area (Å²) in [4.78, 5) is 20.9. The topological polar surface area (TPSA) is 69.4 Å². The fraction of sp³-hybridized carbons (Fsp3) is 0.0714. The Morgan fingerprint density at radius 2 is 2.05 bits per heavy atom. The fourth-order valence-corrected chi connectivity index (χ4v) is 2.09. The van der Waals surface area contributed by atoms with Crippen LogP contribution in [0.2, 0.25) is 0 Å². The number of hydrogen-bond donors (Lipinski definition) is 0. The Morgan fingerprint density at radius 1 is 1.29 bits per heavy atom. The molecule has 0 heterocycles. The third-order valence-corrected chi connectivity index (χ3v) is 3.20. The monoisotopic (exact) mass is 353 g/mol. The second kappa shape index (κ2) is 6.45. The van der Waals surface area contributed by atoms with Crippen LogP contribution in [0.3, 0.4) is 0 Å². The smallest absolute Gasteiger partial charge is 0.311 e. The van der Waals surface area contributed by atoms with Gasteiger partial charge >= 0.3 is 5.69 Å². The van der Waals surface area contributed by atoms with Crippen molar-refractivity contribution in [1.82, 2.24) is 0 Å². The Labute approximate surface area is 127 Å². The van der Waals surface area contributed by atoms with Gasteiger partial charge in [0.25, 0.3) is 0 Å². The lowest BCUT2D eigenvalue weighted by Gasteiger charge is -2.08. The molecule has 0 N–H and O–H groups in total. The molecule has 108 valence electrons. The van der Waals surface area contributed by atoms with Gasteiger partial charge in [0.05, 0.1) is 4.92 Å². The number of carbonyl (C=O) groups is 1. The van der Waals surface area contributed by atoms with Gasteiger partial charge in [-0.05, 0) is 30.3 Å². The van der Waals surface area contributed by atoms with Gasteiger partial charge in [-0.1, -0.05) is 15.9 Å². The van der Waals surface area contributed by atoms with E-state index in [0.29, 0.717) is 10.8 Å². The lowest BCUT2D eigenvalue weighted by atomic mass is 10.2. The van der Waals surface area contributed by atoms with E-state index in [4.69, 9.17) is 4.74 Å². The summed E-state index contributed by atoms with van der Waals surface area (Å²) < 4.78 is 19.5. The van der Waals surface area contributed by atoms with Crippen LogP contribution in [0.1, 0.15) is 15.9 Å². The van der Waals surface area contributed by atoms with Crippen molar-refractivity contribution in [3.05, 3.63) is 67.9 Å². The van der Waals surface area contributed by atoms with Gasteiger partial charge in [0.15, 0.2) is 5.75 Å². The van der Waals surface area contributed by atoms with Crippen molar-refractivity contribution in [2.24, 2.45) is 0 Å². The first-order chi connectivity index (χ1) is 10.0. The van der Waals surface area contributed by atoms with Crippen LogP contribution in [0.15, 0.2) is 40.9 Å². The van der Waals surface area contributed by atoms with E-state index >= 15 is 0 Å². The van der Waals surface area contributed by atoms with Crippen LogP contribution in [0.5, 0.6) is 5.75 Å². The molecule has 0 radical (unpaired) electrons. The molecule has 2 rings (SSSR count). The van der Waals surface area contributed by atoms with Crippen LogP contribution in [0.25, 0.3) is 0 Å². The van der Waals surface area contributed by atoms with Gasteiger partial charge in [0.1, 0.15) is 18.7 Å². The van der Waals surface area contributed by atoms with Gasteiger partial charge in [-0.3, -0.25) is 14.9 Å². The first kappa shape index (κ1) is 15.1. The minimum atomic E-state index is -0.653. The number of benzene rings is 2. The Kier molecular flexibility index (Phi) is 4.64. The molecule has 0 saturated carbocycles. The highest BCUT2D eigenvalue weighted by Gasteiger charge is 2.16. The summed E-state index contributed by atoms with van der Waals surface area (Å²) in [7, 11) is 0. The average Bonchev–Trinajstić information content (AvgIpc) is 2.48. The minimum Gasteiger partial charge on any atom is -0.482 e. The van der Waals surface area contributed by atoms with Gasteiger partial charge in [-0.2, -0.15) is 0 Å². The molecule has 0 spiro atoms. The number of aldehydes is 1. The number of carbonyl (C=O) groups excluding carboxylic acids is 1. The normalized spacial score (nSPS) is 10.2. The van der Waals surface area contributed by atoms with Crippen molar-refractivity contribution < 1.29 is 18.8 Å². The van der Waals surface area contributed by atoms with Crippen molar-refractivity contribution in [3.8, 4) is 5.75 Å². The van der Waals surface area contributed by atoms with Crippen molar-refractivity contribution in [3.63, 3.8) is 0 Å². The molecule has 2 aromatic rings. The van der Waals surface area contributed by atoms with Gasteiger partial charge in [-0.25, -0.2) is 4.39 Å². The molecule has 0 aliphatic carbocycles. The van der Waals surface area contributed by atoms with Crippen LogP contribution in [-0.4, -0.2) is 11.2 Å². The van der Waals surface area contributed by atoms with Crippen molar-refractivity contribution in [2.75, 3.05) is 0 Å². The highest BCUT2D eigenvalue weighted by Crippen LogP contribution is 2.28. The first-order valence-corrected chi connectivity index (χ1v) is 6.61. The highest BCUT2D eigenvalue weighted by atomic mass is 79.9. The Morgan fingerprint density at radius 3 is 2.71 bits per heavy atom. The average molecular weight is 354 g/mol. The Hall–Kier alpha value is -2.28. The van der Waals surface area contributed by atoms with E-state index in [1.807, 2.05) is 0 Å². The largest absolute Gasteiger partial charge is 0.482 e. The zero-order chi connectivity index (χ0) is 15.4. The molecule has 0 unspecified atom stereocenters. The van der Waals surface area contributed by atoms with E-state index in [1.165, 1.54) is 24.3 Å². The number of nitro benzene ring substituents is 1. The lowest BCUT2D eigenvalue weighted by molar-refractivity contribution is -0.386. The number of rotatable bonds is 5. The third kappa shape index (κ3) is 3.63. The number of nitro groups is 1. The quantitative estimate of drug-likeness (QED) is 0.464. The van der Waals surface area contributed by atoms with Crippen LogP contribution < -0.4 is 4.74 Å². The van der Waals surface area contributed by atoms with Gasteiger partial charge in [0.2, 0.25) is 0 Å².